The van der Waals surface area contributed by atoms with E-state index in [4.69, 9.17) is 10.3 Å². The van der Waals surface area contributed by atoms with Gasteiger partial charge in [-0.1, -0.05) is 18.5 Å². The van der Waals surface area contributed by atoms with Crippen LogP contribution < -0.4 is 11.1 Å². The predicted octanol–water partition coefficient (Wildman–Crippen LogP) is 3.06. The van der Waals surface area contributed by atoms with Crippen LogP contribution in [0.4, 0.5) is 5.69 Å². The number of halogens is 1. The molecule has 2 aliphatic rings. The highest BCUT2D eigenvalue weighted by Gasteiger charge is 2.40. The first kappa shape index (κ1) is 17.3. The third-order valence-corrected chi connectivity index (χ3v) is 5.30. The van der Waals surface area contributed by atoms with E-state index in [0.29, 0.717) is 23.6 Å². The Morgan fingerprint density at radius 3 is 2.59 bits per heavy atom. The summed E-state index contributed by atoms with van der Waals surface area (Å²) in [6.45, 7) is 3.85. The number of aromatic nitrogens is 1. The fourth-order valence-corrected chi connectivity index (χ4v) is 4.05. The molecule has 2 fully saturated rings. The monoisotopic (exact) mass is 327 g/mol. The highest BCUT2D eigenvalue weighted by molar-refractivity contribution is 5.93. The number of hydrogen-bond acceptors (Lipinski definition) is 4. The number of carbonyl (C=O) groups is 1. The molecular formula is C16H26ClN3O2. The first-order chi connectivity index (χ1) is 10.1. The minimum absolute atomic E-state index is 0. The Morgan fingerprint density at radius 2 is 2.00 bits per heavy atom. The first-order valence-corrected chi connectivity index (χ1v) is 8.11. The Balaban J connectivity index is 0.00000176. The van der Waals surface area contributed by atoms with Crippen molar-refractivity contribution in [3.05, 3.63) is 11.5 Å². The number of anilines is 1. The van der Waals surface area contributed by atoms with Crippen molar-refractivity contribution in [1.29, 1.82) is 0 Å². The summed E-state index contributed by atoms with van der Waals surface area (Å²) in [6, 6.07) is 0.298. The zero-order valence-corrected chi connectivity index (χ0v) is 14.1. The smallest absolute Gasteiger partial charge is 0.227 e. The van der Waals surface area contributed by atoms with Crippen molar-refractivity contribution in [2.45, 2.75) is 58.4 Å². The quantitative estimate of drug-likeness (QED) is 0.894. The van der Waals surface area contributed by atoms with Crippen LogP contribution in [0, 0.1) is 24.7 Å². The van der Waals surface area contributed by atoms with Crippen LogP contribution in [-0.4, -0.2) is 17.1 Å². The topological polar surface area (TPSA) is 81.2 Å². The molecule has 3 N–H and O–H groups in total. The van der Waals surface area contributed by atoms with E-state index in [1.54, 1.807) is 0 Å². The van der Waals surface area contributed by atoms with Gasteiger partial charge >= 0.3 is 0 Å². The van der Waals surface area contributed by atoms with Gasteiger partial charge in [-0.15, -0.1) is 12.4 Å². The number of hydrogen-bond donors (Lipinski definition) is 2. The Morgan fingerprint density at radius 1 is 1.36 bits per heavy atom. The molecule has 0 aliphatic heterocycles. The van der Waals surface area contributed by atoms with Gasteiger partial charge in [0.05, 0.1) is 0 Å². The molecule has 0 radical (unpaired) electrons. The molecule has 2 saturated carbocycles. The van der Waals surface area contributed by atoms with Crippen LogP contribution in [0.5, 0.6) is 0 Å². The Labute approximate surface area is 137 Å². The lowest BCUT2D eigenvalue weighted by Gasteiger charge is -2.43. The maximum absolute atomic E-state index is 12.6. The number of nitrogens with one attached hydrogen (secondary N) is 1. The summed E-state index contributed by atoms with van der Waals surface area (Å²) in [5.41, 5.74) is 7.89. The van der Waals surface area contributed by atoms with Gasteiger partial charge in [0.15, 0.2) is 5.76 Å². The number of rotatable bonds is 3. The van der Waals surface area contributed by atoms with Gasteiger partial charge < -0.3 is 15.6 Å². The number of carbonyl (C=O) groups excluding carboxylic acids is 1. The van der Waals surface area contributed by atoms with Crippen LogP contribution in [0.2, 0.25) is 0 Å². The molecule has 124 valence electrons. The zero-order valence-electron chi connectivity index (χ0n) is 13.3. The van der Waals surface area contributed by atoms with E-state index in [1.807, 2.05) is 13.8 Å². The highest BCUT2D eigenvalue weighted by Crippen LogP contribution is 2.42. The van der Waals surface area contributed by atoms with Crippen LogP contribution in [-0.2, 0) is 11.2 Å². The normalized spacial score (nSPS) is 30.5. The summed E-state index contributed by atoms with van der Waals surface area (Å²) in [6.07, 6.45) is 6.22. The highest BCUT2D eigenvalue weighted by atomic mass is 35.5. The zero-order chi connectivity index (χ0) is 15.0. The largest absolute Gasteiger partial charge is 0.359 e. The van der Waals surface area contributed by atoms with E-state index >= 15 is 0 Å². The summed E-state index contributed by atoms with van der Waals surface area (Å²) in [7, 11) is 0. The lowest BCUT2D eigenvalue weighted by atomic mass is 9.65. The third-order valence-electron chi connectivity index (χ3n) is 5.30. The minimum atomic E-state index is 0. The second kappa shape index (κ2) is 7.01. The molecule has 2 aliphatic carbocycles. The van der Waals surface area contributed by atoms with Crippen molar-refractivity contribution in [3.63, 3.8) is 0 Å². The summed E-state index contributed by atoms with van der Waals surface area (Å²) in [4.78, 5) is 12.6. The number of fused-ring (bicyclic) bond motifs is 2. The van der Waals surface area contributed by atoms with Crippen molar-refractivity contribution in [2.75, 3.05) is 5.32 Å². The van der Waals surface area contributed by atoms with Crippen molar-refractivity contribution >= 4 is 24.0 Å². The second-order valence-corrected chi connectivity index (χ2v) is 6.60. The maximum Gasteiger partial charge on any atom is 0.227 e. The van der Waals surface area contributed by atoms with Gasteiger partial charge in [0, 0.05) is 12.0 Å². The van der Waals surface area contributed by atoms with E-state index in [0.717, 1.165) is 30.6 Å². The number of nitrogens with two attached hydrogens (primary N) is 1. The number of aryl methyl sites for hydroxylation is 2. The lowest BCUT2D eigenvalue weighted by molar-refractivity contribution is -0.122. The van der Waals surface area contributed by atoms with Crippen LogP contribution in [0.1, 0.15) is 50.5 Å². The number of amides is 1. The summed E-state index contributed by atoms with van der Waals surface area (Å²) < 4.78 is 5.18. The lowest BCUT2D eigenvalue weighted by Crippen LogP contribution is -2.48. The van der Waals surface area contributed by atoms with E-state index < -0.39 is 0 Å². The van der Waals surface area contributed by atoms with Gasteiger partial charge in [0.1, 0.15) is 11.4 Å². The molecular weight excluding hydrogens is 302 g/mol. The summed E-state index contributed by atoms with van der Waals surface area (Å²) >= 11 is 0. The van der Waals surface area contributed by atoms with Crippen molar-refractivity contribution < 1.29 is 9.32 Å². The molecule has 22 heavy (non-hydrogen) atoms. The molecule has 0 saturated heterocycles. The molecule has 3 rings (SSSR count). The fraction of sp³-hybridized carbons (Fsp3) is 0.750. The molecule has 0 aromatic carbocycles. The minimum Gasteiger partial charge on any atom is -0.359 e. The SMILES string of the molecule is CCc1noc(C)c1NC(=O)C1CC2CCCC(C1)C2N.Cl. The molecule has 1 heterocycles. The van der Waals surface area contributed by atoms with Crippen LogP contribution in [0.15, 0.2) is 4.52 Å². The molecule has 0 spiro atoms. The standard InChI is InChI=1S/C16H25N3O2.ClH/c1-3-13-15(9(2)21-19-13)18-16(20)12-7-10-5-4-6-11(8-12)14(10)17;/h10-12,14H,3-8,17H2,1-2H3,(H,18,20);1H. The van der Waals surface area contributed by atoms with E-state index in [9.17, 15) is 4.79 Å². The Kier molecular flexibility index (Phi) is 5.50. The Hall–Kier alpha value is -1.07. The average molecular weight is 328 g/mol. The molecule has 1 aromatic heterocycles. The van der Waals surface area contributed by atoms with Gasteiger partial charge in [0.25, 0.3) is 0 Å². The molecule has 1 amide bonds. The fourth-order valence-electron chi connectivity index (χ4n) is 4.05. The molecule has 2 bridgehead atoms. The predicted molar refractivity (Wildman–Crippen MR) is 88.0 cm³/mol. The van der Waals surface area contributed by atoms with Gasteiger partial charge in [-0.05, 0) is 50.9 Å². The van der Waals surface area contributed by atoms with Gasteiger partial charge in [-0.2, -0.15) is 0 Å². The van der Waals surface area contributed by atoms with Crippen LogP contribution >= 0.6 is 12.4 Å². The van der Waals surface area contributed by atoms with Crippen molar-refractivity contribution in [1.82, 2.24) is 5.16 Å². The van der Waals surface area contributed by atoms with E-state index in [2.05, 4.69) is 10.5 Å². The van der Waals surface area contributed by atoms with Crippen LogP contribution in [0.25, 0.3) is 0 Å². The second-order valence-electron chi connectivity index (χ2n) is 6.60. The number of nitrogens with zero attached hydrogens (tertiary/aromatic N) is 1. The molecule has 1 aromatic rings. The summed E-state index contributed by atoms with van der Waals surface area (Å²) in [5, 5.41) is 7.04. The van der Waals surface area contributed by atoms with Gasteiger partial charge in [-0.25, -0.2) is 0 Å². The van der Waals surface area contributed by atoms with Crippen molar-refractivity contribution in [2.24, 2.45) is 23.5 Å². The summed E-state index contributed by atoms with van der Waals surface area (Å²) in [5.74, 6) is 1.91. The molecule has 2 unspecified atom stereocenters. The van der Waals surface area contributed by atoms with Gasteiger partial charge in [-0.3, -0.25) is 4.79 Å². The van der Waals surface area contributed by atoms with Crippen molar-refractivity contribution in [3.8, 4) is 0 Å². The van der Waals surface area contributed by atoms with E-state index in [1.165, 1.54) is 19.3 Å². The average Bonchev–Trinajstić information content (AvgIpc) is 2.79. The molecule has 5 nitrogen and oxygen atoms in total. The Bertz CT molecular complexity index is 517. The first-order valence-electron chi connectivity index (χ1n) is 8.11. The van der Waals surface area contributed by atoms with Crippen LogP contribution in [0.3, 0.4) is 0 Å². The molecule has 6 heteroatoms. The molecule has 2 atom stereocenters. The van der Waals surface area contributed by atoms with Gasteiger partial charge in [0.2, 0.25) is 5.91 Å². The maximum atomic E-state index is 12.6. The van der Waals surface area contributed by atoms with E-state index in [-0.39, 0.29) is 24.2 Å². The third kappa shape index (κ3) is 3.15.